The number of aromatic amines is 1. The largest absolute Gasteiger partial charge is 0.342 e. The van der Waals surface area contributed by atoms with Crippen molar-refractivity contribution in [2.45, 2.75) is 18.8 Å². The predicted octanol–water partition coefficient (Wildman–Crippen LogP) is 3.70. The van der Waals surface area contributed by atoms with Crippen molar-refractivity contribution in [2.24, 2.45) is 0 Å². The summed E-state index contributed by atoms with van der Waals surface area (Å²) in [4.78, 5) is 7.49. The van der Waals surface area contributed by atoms with Crippen LogP contribution in [0.4, 0.5) is 4.39 Å². The molecule has 1 fully saturated rings. The number of benzene rings is 1. The maximum Gasteiger partial charge on any atom is 0.141 e. The van der Waals surface area contributed by atoms with Crippen molar-refractivity contribution in [3.05, 3.63) is 39.5 Å². The van der Waals surface area contributed by atoms with Gasteiger partial charge in [0.2, 0.25) is 0 Å². The average Bonchev–Trinajstić information content (AvgIpc) is 2.99. The van der Waals surface area contributed by atoms with Gasteiger partial charge >= 0.3 is 0 Å². The standard InChI is InChI=1S/C12H10FIN2/c13-8-2-1-3-9(14)11(8)12-15-6-10(16-12)7-4-5-7/h1-3,6-7H,4-5H2,(H,15,16). The molecule has 1 aromatic carbocycles. The van der Waals surface area contributed by atoms with Gasteiger partial charge in [0.1, 0.15) is 11.6 Å². The highest BCUT2D eigenvalue weighted by molar-refractivity contribution is 14.1. The predicted molar refractivity (Wildman–Crippen MR) is 68.7 cm³/mol. The number of hydrogen-bond acceptors (Lipinski definition) is 1. The van der Waals surface area contributed by atoms with Crippen molar-refractivity contribution < 1.29 is 4.39 Å². The second-order valence-electron chi connectivity index (χ2n) is 4.06. The van der Waals surface area contributed by atoms with Gasteiger partial charge in [0, 0.05) is 21.4 Å². The summed E-state index contributed by atoms with van der Waals surface area (Å²) in [6.45, 7) is 0. The molecule has 82 valence electrons. The zero-order valence-corrected chi connectivity index (χ0v) is 10.7. The smallest absolute Gasteiger partial charge is 0.141 e. The van der Waals surface area contributed by atoms with Gasteiger partial charge in [-0.3, -0.25) is 0 Å². The topological polar surface area (TPSA) is 28.7 Å². The zero-order chi connectivity index (χ0) is 11.1. The molecule has 3 rings (SSSR count). The third kappa shape index (κ3) is 1.75. The van der Waals surface area contributed by atoms with E-state index in [1.54, 1.807) is 6.07 Å². The number of aromatic nitrogens is 2. The summed E-state index contributed by atoms with van der Waals surface area (Å²) in [7, 11) is 0. The molecule has 4 heteroatoms. The first-order valence-corrected chi connectivity index (χ1v) is 6.33. The molecule has 1 saturated carbocycles. The van der Waals surface area contributed by atoms with Crippen LogP contribution in [0.3, 0.4) is 0 Å². The van der Waals surface area contributed by atoms with Gasteiger partial charge in [-0.2, -0.15) is 0 Å². The number of halogens is 2. The second kappa shape index (κ2) is 3.84. The maximum absolute atomic E-state index is 13.7. The van der Waals surface area contributed by atoms with Gasteiger partial charge in [-0.1, -0.05) is 6.07 Å². The lowest BCUT2D eigenvalue weighted by Crippen LogP contribution is -1.90. The first kappa shape index (κ1) is 10.3. The van der Waals surface area contributed by atoms with E-state index in [1.807, 2.05) is 12.3 Å². The molecule has 0 aliphatic heterocycles. The molecule has 1 heterocycles. The van der Waals surface area contributed by atoms with Crippen molar-refractivity contribution in [2.75, 3.05) is 0 Å². The molecule has 0 bridgehead atoms. The van der Waals surface area contributed by atoms with E-state index >= 15 is 0 Å². The SMILES string of the molecule is Fc1cccc(I)c1-c1ncc(C2CC2)[nH]1. The molecule has 16 heavy (non-hydrogen) atoms. The van der Waals surface area contributed by atoms with E-state index in [2.05, 4.69) is 32.6 Å². The van der Waals surface area contributed by atoms with Crippen LogP contribution in [0.1, 0.15) is 24.5 Å². The Bertz CT molecular complexity index is 511. The average molecular weight is 328 g/mol. The molecule has 1 N–H and O–H groups in total. The van der Waals surface area contributed by atoms with Crippen LogP contribution in [0.25, 0.3) is 11.4 Å². The molecule has 2 nitrogen and oxygen atoms in total. The zero-order valence-electron chi connectivity index (χ0n) is 8.50. The lowest BCUT2D eigenvalue weighted by atomic mass is 10.2. The molecule has 0 radical (unpaired) electrons. The number of H-pyrrole nitrogens is 1. The van der Waals surface area contributed by atoms with Gasteiger partial charge in [0.15, 0.2) is 0 Å². The summed E-state index contributed by atoms with van der Waals surface area (Å²) in [5, 5.41) is 0. The Morgan fingerprint density at radius 1 is 1.38 bits per heavy atom. The summed E-state index contributed by atoms with van der Waals surface area (Å²) in [6.07, 6.45) is 4.27. The Morgan fingerprint density at radius 2 is 2.19 bits per heavy atom. The number of rotatable bonds is 2. The van der Waals surface area contributed by atoms with Crippen molar-refractivity contribution in [1.29, 1.82) is 0 Å². The normalized spacial score (nSPS) is 15.4. The summed E-state index contributed by atoms with van der Waals surface area (Å²) in [5.74, 6) is 1.04. The van der Waals surface area contributed by atoms with Crippen LogP contribution in [-0.2, 0) is 0 Å². The monoisotopic (exact) mass is 328 g/mol. The van der Waals surface area contributed by atoms with Gasteiger partial charge in [0.25, 0.3) is 0 Å². The van der Waals surface area contributed by atoms with Gasteiger partial charge in [-0.25, -0.2) is 9.37 Å². The summed E-state index contributed by atoms with van der Waals surface area (Å²) < 4.78 is 14.6. The lowest BCUT2D eigenvalue weighted by molar-refractivity contribution is 0.629. The molecule has 1 aliphatic rings. The minimum absolute atomic E-state index is 0.219. The Morgan fingerprint density at radius 3 is 2.88 bits per heavy atom. The van der Waals surface area contributed by atoms with E-state index in [4.69, 9.17) is 0 Å². The minimum atomic E-state index is -0.219. The van der Waals surface area contributed by atoms with Crippen LogP contribution < -0.4 is 0 Å². The van der Waals surface area contributed by atoms with Crippen LogP contribution >= 0.6 is 22.6 Å². The molecule has 0 amide bonds. The number of imidazole rings is 1. The molecule has 1 aliphatic carbocycles. The fraction of sp³-hybridized carbons (Fsp3) is 0.250. The molecular formula is C12H10FIN2. The van der Waals surface area contributed by atoms with E-state index in [1.165, 1.54) is 18.9 Å². The highest BCUT2D eigenvalue weighted by atomic mass is 127. The first-order valence-electron chi connectivity index (χ1n) is 5.25. The second-order valence-corrected chi connectivity index (χ2v) is 5.22. The van der Waals surface area contributed by atoms with Crippen molar-refractivity contribution in [3.8, 4) is 11.4 Å². The summed E-state index contributed by atoms with van der Waals surface area (Å²) in [5.41, 5.74) is 1.71. The van der Waals surface area contributed by atoms with E-state index in [-0.39, 0.29) is 5.82 Å². The highest BCUT2D eigenvalue weighted by Gasteiger charge is 2.26. The van der Waals surface area contributed by atoms with Crippen molar-refractivity contribution in [1.82, 2.24) is 9.97 Å². The Hall–Kier alpha value is -0.910. The molecule has 0 saturated heterocycles. The Balaban J connectivity index is 2.06. The minimum Gasteiger partial charge on any atom is -0.342 e. The van der Waals surface area contributed by atoms with E-state index in [0.29, 0.717) is 17.3 Å². The quantitative estimate of drug-likeness (QED) is 0.837. The third-order valence-electron chi connectivity index (χ3n) is 2.81. The molecule has 1 aromatic heterocycles. The van der Waals surface area contributed by atoms with Crippen molar-refractivity contribution in [3.63, 3.8) is 0 Å². The van der Waals surface area contributed by atoms with E-state index in [0.717, 1.165) is 9.26 Å². The fourth-order valence-corrected chi connectivity index (χ4v) is 2.51. The highest BCUT2D eigenvalue weighted by Crippen LogP contribution is 2.40. The van der Waals surface area contributed by atoms with Gasteiger partial charge in [-0.05, 0) is 47.6 Å². The van der Waals surface area contributed by atoms with Crippen LogP contribution in [0.5, 0.6) is 0 Å². The number of nitrogens with one attached hydrogen (secondary N) is 1. The number of nitrogens with zero attached hydrogens (tertiary/aromatic N) is 1. The maximum atomic E-state index is 13.7. The van der Waals surface area contributed by atoms with Crippen LogP contribution in [-0.4, -0.2) is 9.97 Å². The van der Waals surface area contributed by atoms with Gasteiger partial charge in [-0.15, -0.1) is 0 Å². The molecule has 2 aromatic rings. The lowest BCUT2D eigenvalue weighted by Gasteiger charge is -2.02. The Kier molecular flexibility index (Phi) is 2.46. The Labute approximate surface area is 106 Å². The molecule has 0 spiro atoms. The molecule has 0 unspecified atom stereocenters. The van der Waals surface area contributed by atoms with Crippen molar-refractivity contribution >= 4 is 22.6 Å². The molecular weight excluding hydrogens is 318 g/mol. The van der Waals surface area contributed by atoms with E-state index in [9.17, 15) is 4.39 Å². The summed E-state index contributed by atoms with van der Waals surface area (Å²) in [6, 6.07) is 5.07. The van der Waals surface area contributed by atoms with Crippen LogP contribution in [0.15, 0.2) is 24.4 Å². The fourth-order valence-electron chi connectivity index (χ4n) is 1.79. The first-order chi connectivity index (χ1) is 7.75. The number of hydrogen-bond donors (Lipinski definition) is 1. The van der Waals surface area contributed by atoms with Crippen LogP contribution in [0.2, 0.25) is 0 Å². The summed E-state index contributed by atoms with van der Waals surface area (Å²) >= 11 is 2.13. The molecule has 0 atom stereocenters. The third-order valence-corrected chi connectivity index (χ3v) is 3.71. The van der Waals surface area contributed by atoms with E-state index < -0.39 is 0 Å². The van der Waals surface area contributed by atoms with Gasteiger partial charge < -0.3 is 4.98 Å². The van der Waals surface area contributed by atoms with Gasteiger partial charge in [0.05, 0.1) is 5.56 Å². The van der Waals surface area contributed by atoms with Crippen LogP contribution in [0, 0.1) is 9.39 Å².